The lowest BCUT2D eigenvalue weighted by Gasteiger charge is -2.25. The van der Waals surface area contributed by atoms with Gasteiger partial charge < -0.3 is 14.8 Å². The predicted molar refractivity (Wildman–Crippen MR) is 103 cm³/mol. The summed E-state index contributed by atoms with van der Waals surface area (Å²) in [4.78, 5) is 16.7. The van der Waals surface area contributed by atoms with Crippen LogP contribution in [-0.2, 0) is 14.8 Å². The number of rotatable bonds is 4. The van der Waals surface area contributed by atoms with Crippen LogP contribution in [0, 0.1) is 0 Å². The Balaban J connectivity index is 1.45. The Labute approximate surface area is 162 Å². The predicted octanol–water partition coefficient (Wildman–Crippen LogP) is 1.94. The van der Waals surface area contributed by atoms with Crippen molar-refractivity contribution in [3.05, 3.63) is 48.5 Å². The molecule has 8 nitrogen and oxygen atoms in total. The molecule has 1 atom stereocenters. The maximum atomic E-state index is 12.5. The number of hydrogen-bond donors (Lipinski definition) is 2. The van der Waals surface area contributed by atoms with Crippen LogP contribution in [0.25, 0.3) is 0 Å². The molecule has 0 unspecified atom stereocenters. The molecule has 2 aromatic rings. The monoisotopic (exact) mass is 401 g/mol. The number of anilines is 1. The van der Waals surface area contributed by atoms with Crippen molar-refractivity contribution in [2.24, 2.45) is 4.99 Å². The zero-order chi connectivity index (χ0) is 19.6. The van der Waals surface area contributed by atoms with E-state index in [0.717, 1.165) is 6.42 Å². The van der Waals surface area contributed by atoms with Crippen molar-refractivity contribution < 1.29 is 22.7 Å². The molecule has 9 heteroatoms. The van der Waals surface area contributed by atoms with Crippen molar-refractivity contribution >= 4 is 27.5 Å². The summed E-state index contributed by atoms with van der Waals surface area (Å²) in [6.45, 7) is 0.697. The molecule has 2 aliphatic rings. The quantitative estimate of drug-likeness (QED) is 0.814. The highest BCUT2D eigenvalue weighted by Gasteiger charge is 2.27. The van der Waals surface area contributed by atoms with Gasteiger partial charge >= 0.3 is 0 Å². The number of ether oxygens (including phenoxy) is 2. The third-order valence-electron chi connectivity index (χ3n) is 4.34. The fourth-order valence-electron chi connectivity index (χ4n) is 2.95. The summed E-state index contributed by atoms with van der Waals surface area (Å²) in [5.74, 6) is 1.12. The van der Waals surface area contributed by atoms with Gasteiger partial charge in [0.2, 0.25) is 6.10 Å². The molecule has 28 heavy (non-hydrogen) atoms. The van der Waals surface area contributed by atoms with Crippen LogP contribution in [0.4, 0.5) is 5.69 Å². The molecule has 0 fully saturated rings. The first kappa shape index (κ1) is 18.3. The zero-order valence-electron chi connectivity index (χ0n) is 14.9. The fourth-order valence-corrected chi connectivity index (χ4v) is 4.08. The zero-order valence-corrected chi connectivity index (χ0v) is 15.7. The molecule has 0 radical (unpaired) electrons. The van der Waals surface area contributed by atoms with Crippen molar-refractivity contribution in [1.29, 1.82) is 0 Å². The van der Waals surface area contributed by atoms with Crippen molar-refractivity contribution in [2.75, 3.05) is 18.5 Å². The van der Waals surface area contributed by atoms with Gasteiger partial charge in [0.25, 0.3) is 15.9 Å². The molecule has 0 spiro atoms. The molecule has 1 amide bonds. The largest absolute Gasteiger partial charge is 0.485 e. The summed E-state index contributed by atoms with van der Waals surface area (Å²) in [7, 11) is -3.75. The highest BCUT2D eigenvalue weighted by molar-refractivity contribution is 7.90. The van der Waals surface area contributed by atoms with E-state index in [1.807, 2.05) is 6.07 Å². The second-order valence-corrected chi connectivity index (χ2v) is 8.10. The number of amidine groups is 1. The van der Waals surface area contributed by atoms with Gasteiger partial charge in [-0.15, -0.1) is 0 Å². The van der Waals surface area contributed by atoms with Gasteiger partial charge in [-0.3, -0.25) is 14.5 Å². The Kier molecular flexibility index (Phi) is 4.91. The summed E-state index contributed by atoms with van der Waals surface area (Å²) in [5.41, 5.74) is 0.351. The lowest BCUT2D eigenvalue weighted by molar-refractivity contribution is -0.125. The first-order valence-electron chi connectivity index (χ1n) is 8.87. The Morgan fingerprint density at radius 2 is 1.93 bits per heavy atom. The van der Waals surface area contributed by atoms with Gasteiger partial charge in [0, 0.05) is 18.7 Å². The summed E-state index contributed by atoms with van der Waals surface area (Å²) in [6, 6.07) is 13.1. The number of carbonyl (C=O) groups excluding carboxylic acids is 1. The second-order valence-electron chi connectivity index (χ2n) is 6.42. The van der Waals surface area contributed by atoms with Gasteiger partial charge in [-0.05, 0) is 36.8 Å². The molecule has 2 N–H and O–H groups in total. The number of fused-ring (bicyclic) bond motifs is 1. The third-order valence-corrected chi connectivity index (χ3v) is 5.72. The molecule has 2 aromatic carbocycles. The van der Waals surface area contributed by atoms with E-state index < -0.39 is 22.0 Å². The highest BCUT2D eigenvalue weighted by atomic mass is 32.2. The van der Waals surface area contributed by atoms with E-state index >= 15 is 0 Å². The van der Waals surface area contributed by atoms with Crippen LogP contribution in [0.5, 0.6) is 11.5 Å². The maximum absolute atomic E-state index is 12.5. The lowest BCUT2D eigenvalue weighted by atomic mass is 10.2. The van der Waals surface area contributed by atoms with Gasteiger partial charge in [0.15, 0.2) is 11.5 Å². The molecular weight excluding hydrogens is 382 g/mol. The van der Waals surface area contributed by atoms with Crippen LogP contribution in [0.1, 0.15) is 12.8 Å². The van der Waals surface area contributed by atoms with Crippen LogP contribution < -0.4 is 19.5 Å². The van der Waals surface area contributed by atoms with E-state index in [4.69, 9.17) is 9.47 Å². The molecule has 0 aromatic heterocycles. The van der Waals surface area contributed by atoms with E-state index in [9.17, 15) is 13.2 Å². The van der Waals surface area contributed by atoms with E-state index in [1.54, 1.807) is 30.3 Å². The van der Waals surface area contributed by atoms with Crippen LogP contribution in [0.3, 0.4) is 0 Å². The summed E-state index contributed by atoms with van der Waals surface area (Å²) in [6.07, 6.45) is 0.609. The molecule has 4 rings (SSSR count). The number of sulfonamides is 1. The van der Waals surface area contributed by atoms with Crippen molar-refractivity contribution in [1.82, 2.24) is 4.72 Å². The van der Waals surface area contributed by atoms with Crippen LogP contribution in [0.2, 0.25) is 0 Å². The van der Waals surface area contributed by atoms with E-state index in [-0.39, 0.29) is 11.5 Å². The second kappa shape index (κ2) is 7.51. The number of aliphatic imine (C=N–C) groups is 1. The number of carbonyl (C=O) groups is 1. The number of benzene rings is 2. The first-order valence-corrected chi connectivity index (χ1v) is 10.4. The number of nitrogens with one attached hydrogen (secondary N) is 2. The van der Waals surface area contributed by atoms with Crippen molar-refractivity contribution in [3.8, 4) is 11.5 Å². The topological polar surface area (TPSA) is 106 Å². The van der Waals surface area contributed by atoms with Crippen LogP contribution in [0.15, 0.2) is 58.4 Å². The fraction of sp³-hybridized carbons (Fsp3) is 0.263. The number of amides is 1. The van der Waals surface area contributed by atoms with Crippen LogP contribution >= 0.6 is 0 Å². The van der Waals surface area contributed by atoms with Gasteiger partial charge in [-0.25, -0.2) is 8.42 Å². The minimum Gasteiger partial charge on any atom is -0.485 e. The third kappa shape index (κ3) is 3.94. The van der Waals surface area contributed by atoms with Crippen molar-refractivity contribution in [3.63, 3.8) is 0 Å². The molecule has 0 saturated heterocycles. The maximum Gasteiger partial charge on any atom is 0.269 e. The van der Waals surface area contributed by atoms with Crippen molar-refractivity contribution in [2.45, 2.75) is 23.8 Å². The summed E-state index contributed by atoms with van der Waals surface area (Å²) < 4.78 is 38.7. The molecule has 0 saturated carbocycles. The molecule has 0 bridgehead atoms. The van der Waals surface area contributed by atoms with Gasteiger partial charge in [0.05, 0.1) is 4.90 Å². The molecule has 146 valence electrons. The van der Waals surface area contributed by atoms with Gasteiger partial charge in [-0.1, -0.05) is 18.2 Å². The SMILES string of the molecule is O=C(Nc1cccc(S(=O)(=O)NC2=NCCC2)c1)[C@H]1COc2ccccc2O1. The smallest absolute Gasteiger partial charge is 0.269 e. The normalized spacial score (nSPS) is 18.3. The average molecular weight is 401 g/mol. The molecular formula is C19H19N3O5S. The first-order chi connectivity index (χ1) is 13.5. The highest BCUT2D eigenvalue weighted by Crippen LogP contribution is 2.31. The summed E-state index contributed by atoms with van der Waals surface area (Å²) in [5, 5.41) is 2.68. The Bertz CT molecular complexity index is 1040. The molecule has 0 aliphatic carbocycles. The van der Waals surface area contributed by atoms with Crippen LogP contribution in [-0.4, -0.2) is 39.4 Å². The number of hydrogen-bond acceptors (Lipinski definition) is 6. The summed E-state index contributed by atoms with van der Waals surface area (Å²) >= 11 is 0. The van der Waals surface area contributed by atoms with E-state index in [0.29, 0.717) is 36.0 Å². The molecule has 2 heterocycles. The number of para-hydroxylation sites is 2. The average Bonchev–Trinajstić information content (AvgIpc) is 3.20. The van der Waals surface area contributed by atoms with Gasteiger partial charge in [0.1, 0.15) is 12.4 Å². The minimum absolute atomic E-state index is 0.0473. The van der Waals surface area contributed by atoms with E-state index in [2.05, 4.69) is 15.0 Å². The van der Waals surface area contributed by atoms with E-state index in [1.165, 1.54) is 12.1 Å². The Morgan fingerprint density at radius 3 is 2.71 bits per heavy atom. The lowest BCUT2D eigenvalue weighted by Crippen LogP contribution is -2.40. The Hall–Kier alpha value is -3.07. The van der Waals surface area contributed by atoms with Gasteiger partial charge in [-0.2, -0.15) is 0 Å². The minimum atomic E-state index is -3.75. The number of nitrogens with zero attached hydrogens (tertiary/aromatic N) is 1. The standard InChI is InChI=1S/C19H19N3O5S/c23-19(17-12-26-15-7-1-2-8-16(15)27-17)21-13-5-3-6-14(11-13)28(24,25)22-18-9-4-10-20-18/h1-3,5-8,11,17H,4,9-10,12H2,(H,20,22)(H,21,23)/t17-/m1/s1. The molecule has 2 aliphatic heterocycles. The Morgan fingerprint density at radius 1 is 1.11 bits per heavy atom.